The minimum atomic E-state index is -0.834. The highest BCUT2D eigenvalue weighted by molar-refractivity contribution is 6.13. The predicted octanol–water partition coefficient (Wildman–Crippen LogP) is 16.1. The lowest BCUT2D eigenvalue weighted by atomic mass is 9.64. The first kappa shape index (κ1) is 34.0. The van der Waals surface area contributed by atoms with Crippen molar-refractivity contribution < 1.29 is 4.11 Å². The maximum Gasteiger partial charge on any atom is 0.0595 e. The van der Waals surface area contributed by atoms with Crippen molar-refractivity contribution in [1.82, 2.24) is 0 Å². The second-order valence-corrected chi connectivity index (χ2v) is 16.3. The molecular weight excluding hydrogens is 747 g/mol. The van der Waals surface area contributed by atoms with Crippen molar-refractivity contribution in [2.24, 2.45) is 5.92 Å². The third-order valence-electron chi connectivity index (χ3n) is 13.0. The fourth-order valence-electron chi connectivity index (χ4n) is 10.1. The van der Waals surface area contributed by atoms with Crippen molar-refractivity contribution in [3.63, 3.8) is 0 Å². The van der Waals surface area contributed by atoms with Gasteiger partial charge in [-0.2, -0.15) is 0 Å². The molecule has 1 nitrogen and oxygen atoms in total. The van der Waals surface area contributed by atoms with E-state index in [0.29, 0.717) is 6.05 Å². The van der Waals surface area contributed by atoms with Gasteiger partial charge in [0.25, 0.3) is 0 Å². The second-order valence-electron chi connectivity index (χ2n) is 16.3. The van der Waals surface area contributed by atoms with E-state index in [1.54, 1.807) is 0 Å². The van der Waals surface area contributed by atoms with Crippen molar-refractivity contribution in [3.05, 3.63) is 278 Å². The van der Waals surface area contributed by atoms with E-state index in [9.17, 15) is 2.74 Å². The zero-order valence-electron chi connectivity index (χ0n) is 37.2. The van der Waals surface area contributed by atoms with Crippen LogP contribution in [-0.4, -0.2) is 0 Å². The molecule has 0 amide bonds. The van der Waals surface area contributed by atoms with E-state index in [2.05, 4.69) is 217 Å². The summed E-state index contributed by atoms with van der Waals surface area (Å²) in [5.74, 6) is -1.12. The molecule has 1 heteroatoms. The molecule has 11 rings (SSSR count). The Hall–Kier alpha value is -7.74. The van der Waals surface area contributed by atoms with Crippen LogP contribution in [0.15, 0.2) is 255 Å². The molecule has 1 aliphatic rings. The smallest absolute Gasteiger partial charge is 0.0595 e. The van der Waals surface area contributed by atoms with Gasteiger partial charge in [0.2, 0.25) is 0 Å². The summed E-state index contributed by atoms with van der Waals surface area (Å²) in [5.41, 5.74) is 9.59. The van der Waals surface area contributed by atoms with Crippen LogP contribution in [0.2, 0.25) is 0 Å². The standard InChI is InChI=1S/C61H45N/c1-2-53-57-27-15-16-28-59(57)61(49-20-5-3-6-21-49,50-22-7-4-8-23-50)60(53)39-40-62(51-35-31-44(32-36-51)47-30-29-43-17-9-10-18-46(43)41-47)52-37-33-45(34-38-52)58-42-48-19-11-12-24-54(48)55-25-13-14-26-56(55)58/h2-42,53,60H,1H2/b40-39+/i1D,2D,39D/b2-1?,40-39+. The van der Waals surface area contributed by atoms with Crippen LogP contribution in [0.5, 0.6) is 0 Å². The molecule has 0 radical (unpaired) electrons. The highest BCUT2D eigenvalue weighted by Gasteiger charge is 2.52. The van der Waals surface area contributed by atoms with Crippen LogP contribution in [0.25, 0.3) is 54.6 Å². The number of nitrogens with zero attached hydrogens (tertiary/aromatic N) is 1. The first-order chi connectivity index (χ1) is 32.0. The molecule has 0 saturated carbocycles. The van der Waals surface area contributed by atoms with Gasteiger partial charge in [0.15, 0.2) is 0 Å². The summed E-state index contributed by atoms with van der Waals surface area (Å²) < 4.78 is 28.4. The third kappa shape index (κ3) is 6.25. The van der Waals surface area contributed by atoms with Crippen LogP contribution in [0.1, 0.15) is 32.3 Å². The van der Waals surface area contributed by atoms with Crippen molar-refractivity contribution in [2.75, 3.05) is 4.90 Å². The number of allylic oxidation sites excluding steroid dienone is 2. The molecule has 10 aromatic rings. The number of hydrogen-bond acceptors (Lipinski definition) is 1. The molecule has 2 atom stereocenters. The Bertz CT molecular complexity index is 3370. The molecule has 2 unspecified atom stereocenters. The zero-order valence-corrected chi connectivity index (χ0v) is 34.2. The van der Waals surface area contributed by atoms with Gasteiger partial charge in [0, 0.05) is 29.4 Å². The lowest BCUT2D eigenvalue weighted by Crippen LogP contribution is -2.34. The second kappa shape index (κ2) is 15.7. The Morgan fingerprint density at radius 1 is 0.468 bits per heavy atom. The number of hydrogen-bond donors (Lipinski definition) is 0. The van der Waals surface area contributed by atoms with Crippen molar-refractivity contribution >= 4 is 43.7 Å². The van der Waals surface area contributed by atoms with Gasteiger partial charge < -0.3 is 4.90 Å². The minimum Gasteiger partial charge on any atom is -0.317 e. The lowest BCUT2D eigenvalue weighted by molar-refractivity contribution is 0.459. The van der Waals surface area contributed by atoms with Crippen LogP contribution in [0.3, 0.4) is 0 Å². The fraction of sp³-hybridized carbons (Fsp3) is 0.0492. The zero-order chi connectivity index (χ0) is 43.9. The average Bonchev–Trinajstić information content (AvgIpc) is 3.70. The molecule has 0 saturated heterocycles. The van der Waals surface area contributed by atoms with Crippen molar-refractivity contribution in [1.29, 1.82) is 0 Å². The maximum atomic E-state index is 10.5. The van der Waals surface area contributed by atoms with Gasteiger partial charge in [-0.1, -0.05) is 206 Å². The van der Waals surface area contributed by atoms with E-state index in [1.165, 1.54) is 37.9 Å². The first-order valence-corrected chi connectivity index (χ1v) is 21.4. The molecule has 0 fully saturated rings. The van der Waals surface area contributed by atoms with Crippen LogP contribution in [0.4, 0.5) is 11.4 Å². The Balaban J connectivity index is 1.10. The summed E-state index contributed by atoms with van der Waals surface area (Å²) in [6.45, 7) is 1.16. The van der Waals surface area contributed by atoms with Gasteiger partial charge in [-0.15, -0.1) is 6.55 Å². The van der Waals surface area contributed by atoms with Gasteiger partial charge in [0.1, 0.15) is 0 Å². The van der Waals surface area contributed by atoms with E-state index in [1.807, 2.05) is 24.4 Å². The van der Waals surface area contributed by atoms with E-state index in [4.69, 9.17) is 1.37 Å². The lowest BCUT2D eigenvalue weighted by Gasteiger charge is -2.38. The van der Waals surface area contributed by atoms with Gasteiger partial charge in [-0.05, 0) is 113 Å². The molecule has 10 aromatic carbocycles. The summed E-state index contributed by atoms with van der Waals surface area (Å²) in [4.78, 5) is 2.13. The number of anilines is 2. The molecule has 0 bridgehead atoms. The summed E-state index contributed by atoms with van der Waals surface area (Å²) in [6, 6.07) is 81.6. The molecule has 0 heterocycles. The molecule has 0 N–H and O–H groups in total. The Morgan fingerprint density at radius 2 is 1.02 bits per heavy atom. The molecule has 0 spiro atoms. The van der Waals surface area contributed by atoms with Gasteiger partial charge in [-0.3, -0.25) is 0 Å². The normalized spacial score (nSPS) is 16.7. The highest BCUT2D eigenvalue weighted by atomic mass is 15.1. The largest absolute Gasteiger partial charge is 0.317 e. The van der Waals surface area contributed by atoms with Gasteiger partial charge in [0.05, 0.1) is 9.53 Å². The molecule has 0 aliphatic heterocycles. The minimum absolute atomic E-state index is 0.174. The Labute approximate surface area is 368 Å². The topological polar surface area (TPSA) is 3.24 Å². The summed E-state index contributed by atoms with van der Waals surface area (Å²) >= 11 is 0. The monoisotopic (exact) mass is 794 g/mol. The fourth-order valence-corrected chi connectivity index (χ4v) is 10.1. The van der Waals surface area contributed by atoms with Gasteiger partial charge >= 0.3 is 0 Å². The van der Waals surface area contributed by atoms with E-state index < -0.39 is 17.3 Å². The average molecular weight is 795 g/mol. The SMILES string of the molecule is [2H]C=C([2H])C1c2ccccc2C(c2ccccc2)(c2ccccc2)C1/C([2H])=C/N(c1ccc(-c2ccc3ccccc3c2)cc1)c1ccc(-c2cc3ccccc3c3ccccc23)cc1. The van der Waals surface area contributed by atoms with Crippen molar-refractivity contribution in [3.8, 4) is 22.3 Å². The number of benzene rings is 10. The van der Waals surface area contributed by atoms with Crippen LogP contribution >= 0.6 is 0 Å². The van der Waals surface area contributed by atoms with E-state index in [0.717, 1.165) is 56.9 Å². The van der Waals surface area contributed by atoms with E-state index in [-0.39, 0.29) is 6.05 Å². The molecule has 62 heavy (non-hydrogen) atoms. The Morgan fingerprint density at radius 3 is 1.71 bits per heavy atom. The van der Waals surface area contributed by atoms with Gasteiger partial charge in [-0.25, -0.2) is 0 Å². The molecular formula is C61H45N. The molecule has 294 valence electrons. The van der Waals surface area contributed by atoms with Crippen molar-refractivity contribution in [2.45, 2.75) is 11.3 Å². The third-order valence-corrected chi connectivity index (χ3v) is 13.0. The molecule has 0 aromatic heterocycles. The maximum absolute atomic E-state index is 10.5. The van der Waals surface area contributed by atoms with Crippen LogP contribution < -0.4 is 4.90 Å². The number of fused-ring (bicyclic) bond motifs is 5. The predicted molar refractivity (Wildman–Crippen MR) is 263 cm³/mol. The summed E-state index contributed by atoms with van der Waals surface area (Å²) in [7, 11) is 0. The van der Waals surface area contributed by atoms with E-state index >= 15 is 0 Å². The first-order valence-electron chi connectivity index (χ1n) is 22.9. The van der Waals surface area contributed by atoms with Crippen LogP contribution in [-0.2, 0) is 5.41 Å². The summed E-state index contributed by atoms with van der Waals surface area (Å²) in [6.07, 6.45) is 1.97. The summed E-state index contributed by atoms with van der Waals surface area (Å²) in [5, 5.41) is 7.26. The molecule has 1 aliphatic carbocycles. The highest BCUT2D eigenvalue weighted by Crippen LogP contribution is 2.58. The number of rotatable bonds is 9. The Kier molecular flexibility index (Phi) is 8.61. The quantitative estimate of drug-likeness (QED) is 0.104. The van der Waals surface area contributed by atoms with Crippen LogP contribution in [0, 0.1) is 5.92 Å².